The fourth-order valence-electron chi connectivity index (χ4n) is 4.05. The molecule has 0 radical (unpaired) electrons. The fourth-order valence-corrected chi connectivity index (χ4v) is 4.05. The Morgan fingerprint density at radius 2 is 2.16 bits per heavy atom. The third-order valence-electron chi connectivity index (χ3n) is 5.68. The quantitative estimate of drug-likeness (QED) is 0.416. The van der Waals surface area contributed by atoms with Crippen LogP contribution in [0.25, 0.3) is 22.3 Å². The van der Waals surface area contributed by atoms with Gasteiger partial charge in [0.25, 0.3) is 0 Å². The highest BCUT2D eigenvalue weighted by Gasteiger charge is 2.20. The molecule has 1 aliphatic heterocycles. The third-order valence-corrected chi connectivity index (χ3v) is 5.68. The average Bonchev–Trinajstić information content (AvgIpc) is 3.47. The van der Waals surface area contributed by atoms with E-state index in [1.165, 1.54) is 5.56 Å². The van der Waals surface area contributed by atoms with Crippen LogP contribution >= 0.6 is 0 Å². The van der Waals surface area contributed by atoms with Gasteiger partial charge in [-0.1, -0.05) is 24.3 Å². The molecule has 1 atom stereocenters. The number of anilines is 1. The van der Waals surface area contributed by atoms with Crippen molar-refractivity contribution in [3.63, 3.8) is 0 Å². The maximum absolute atomic E-state index is 9.16. The number of aliphatic hydroxyl groups is 1. The predicted molar refractivity (Wildman–Crippen MR) is 123 cm³/mol. The van der Waals surface area contributed by atoms with Crippen LogP contribution in [0.1, 0.15) is 17.0 Å². The maximum atomic E-state index is 9.16. The Morgan fingerprint density at radius 1 is 1.22 bits per heavy atom. The minimum absolute atomic E-state index is 0.0186. The average molecular weight is 428 g/mol. The molecule has 2 N–H and O–H groups in total. The molecule has 3 aromatic heterocycles. The van der Waals surface area contributed by atoms with Gasteiger partial charge in [0.2, 0.25) is 0 Å². The topological polar surface area (TPSA) is 98.0 Å². The summed E-state index contributed by atoms with van der Waals surface area (Å²) in [4.78, 5) is 13.3. The van der Waals surface area contributed by atoms with Crippen molar-refractivity contribution in [1.29, 1.82) is 0 Å². The number of hydrogen-bond acceptors (Lipinski definition) is 7. The number of aromatic nitrogens is 5. The summed E-state index contributed by atoms with van der Waals surface area (Å²) >= 11 is 0. The summed E-state index contributed by atoms with van der Waals surface area (Å²) in [5.74, 6) is 1.81. The molecule has 5 rings (SSSR count). The second-order valence-electron chi connectivity index (χ2n) is 7.67. The molecule has 162 valence electrons. The summed E-state index contributed by atoms with van der Waals surface area (Å²) in [6, 6.07) is 10.2. The van der Waals surface area contributed by atoms with Crippen LogP contribution in [0.5, 0.6) is 5.75 Å². The van der Waals surface area contributed by atoms with E-state index in [1.54, 1.807) is 23.4 Å². The minimum atomic E-state index is 0.0186. The molecule has 0 unspecified atom stereocenters. The van der Waals surface area contributed by atoms with Crippen LogP contribution in [-0.4, -0.2) is 49.6 Å². The molecule has 0 fully saturated rings. The molecule has 4 heterocycles. The molecule has 32 heavy (non-hydrogen) atoms. The van der Waals surface area contributed by atoms with Crippen molar-refractivity contribution in [2.45, 2.75) is 18.9 Å². The van der Waals surface area contributed by atoms with Gasteiger partial charge in [-0.2, -0.15) is 5.10 Å². The smallest absolute Gasteiger partial charge is 0.157 e. The van der Waals surface area contributed by atoms with Gasteiger partial charge in [0, 0.05) is 47.7 Å². The number of ether oxygens (including phenoxy) is 1. The van der Waals surface area contributed by atoms with Crippen molar-refractivity contribution in [2.75, 3.05) is 25.1 Å². The van der Waals surface area contributed by atoms with E-state index >= 15 is 0 Å². The molecule has 0 spiro atoms. The first-order valence-corrected chi connectivity index (χ1v) is 10.6. The van der Waals surface area contributed by atoms with E-state index in [4.69, 9.17) is 9.84 Å². The van der Waals surface area contributed by atoms with E-state index in [9.17, 15) is 0 Å². The van der Waals surface area contributed by atoms with Crippen molar-refractivity contribution >= 4 is 16.9 Å². The van der Waals surface area contributed by atoms with Crippen LogP contribution in [0.15, 0.2) is 61.7 Å². The van der Waals surface area contributed by atoms with Crippen LogP contribution in [0.4, 0.5) is 5.82 Å². The number of fused-ring (bicyclic) bond motifs is 2. The van der Waals surface area contributed by atoms with Gasteiger partial charge in [-0.05, 0) is 11.6 Å². The van der Waals surface area contributed by atoms with E-state index < -0.39 is 0 Å². The highest BCUT2D eigenvalue weighted by molar-refractivity contribution is 5.80. The number of aliphatic hydroxyl groups excluding tert-OH is 1. The number of pyridine rings is 1. The molecule has 0 aliphatic carbocycles. The first kappa shape index (κ1) is 20.1. The Hall–Kier alpha value is -3.78. The zero-order valence-electron chi connectivity index (χ0n) is 17.6. The van der Waals surface area contributed by atoms with Crippen LogP contribution < -0.4 is 10.1 Å². The highest BCUT2D eigenvalue weighted by atomic mass is 16.5. The van der Waals surface area contributed by atoms with Gasteiger partial charge in [0.1, 0.15) is 17.9 Å². The molecule has 0 bridgehead atoms. The lowest BCUT2D eigenvalue weighted by Gasteiger charge is -2.17. The lowest BCUT2D eigenvalue weighted by molar-refractivity contribution is 0.271. The van der Waals surface area contributed by atoms with Crippen LogP contribution in [0, 0.1) is 0 Å². The summed E-state index contributed by atoms with van der Waals surface area (Å²) in [6.07, 6.45) is 7.95. The minimum Gasteiger partial charge on any atom is -0.493 e. The van der Waals surface area contributed by atoms with Crippen molar-refractivity contribution in [3.05, 3.63) is 72.8 Å². The van der Waals surface area contributed by atoms with E-state index in [-0.39, 0.29) is 12.5 Å². The van der Waals surface area contributed by atoms with Gasteiger partial charge in [-0.15, -0.1) is 6.58 Å². The molecule has 1 aliphatic rings. The molecular weight excluding hydrogens is 404 g/mol. The monoisotopic (exact) mass is 428 g/mol. The summed E-state index contributed by atoms with van der Waals surface area (Å²) in [5.41, 5.74) is 4.78. The maximum Gasteiger partial charge on any atom is 0.157 e. The standard InChI is InChI=1S/C24H24N6O2/c1-2-16(20-5-3-4-17-6-9-32-23(17)20)12-25-22-11-21(27-15-28-22)18-10-19-14-29-30(7-8-31)24(19)26-13-18/h2-5,10-11,13-16,31H,1,6-9,12H2,(H,25,27,28)/t16-/m1/s1. The summed E-state index contributed by atoms with van der Waals surface area (Å²) < 4.78 is 7.55. The lowest BCUT2D eigenvalue weighted by Crippen LogP contribution is -2.12. The van der Waals surface area contributed by atoms with Gasteiger partial charge in [-0.3, -0.25) is 0 Å². The Morgan fingerprint density at radius 3 is 3.03 bits per heavy atom. The number of benzene rings is 1. The second-order valence-corrected chi connectivity index (χ2v) is 7.67. The largest absolute Gasteiger partial charge is 0.493 e. The van der Waals surface area contributed by atoms with Gasteiger partial charge < -0.3 is 15.2 Å². The van der Waals surface area contributed by atoms with Crippen molar-refractivity contribution in [2.24, 2.45) is 0 Å². The SMILES string of the molecule is C=C[C@H](CNc1cc(-c2cnc3c(cnn3CCO)c2)ncn1)c1cccc2c1OCC2. The van der Waals surface area contributed by atoms with Gasteiger partial charge in [0.05, 0.1) is 31.6 Å². The summed E-state index contributed by atoms with van der Waals surface area (Å²) in [5, 5.41) is 17.7. The zero-order chi connectivity index (χ0) is 21.9. The predicted octanol–water partition coefficient (Wildman–Crippen LogP) is 3.20. The Bertz CT molecular complexity index is 1270. The number of para-hydroxylation sites is 1. The molecule has 4 aromatic rings. The normalized spacial score (nSPS) is 13.5. The van der Waals surface area contributed by atoms with E-state index in [1.807, 2.05) is 18.2 Å². The molecular formula is C24H24N6O2. The number of nitrogens with zero attached hydrogens (tertiary/aromatic N) is 5. The molecule has 0 amide bonds. The molecule has 8 nitrogen and oxygen atoms in total. The zero-order valence-corrected chi connectivity index (χ0v) is 17.6. The first-order valence-electron chi connectivity index (χ1n) is 10.6. The van der Waals surface area contributed by atoms with Crippen molar-refractivity contribution in [3.8, 4) is 17.0 Å². The molecule has 0 saturated carbocycles. The van der Waals surface area contributed by atoms with Crippen molar-refractivity contribution in [1.82, 2.24) is 24.7 Å². The Labute approximate surface area is 185 Å². The summed E-state index contributed by atoms with van der Waals surface area (Å²) in [7, 11) is 0. The van der Waals surface area contributed by atoms with Crippen LogP contribution in [0.3, 0.4) is 0 Å². The molecule has 8 heteroatoms. The van der Waals surface area contributed by atoms with Crippen molar-refractivity contribution < 1.29 is 9.84 Å². The van der Waals surface area contributed by atoms with E-state index in [0.717, 1.165) is 52.4 Å². The number of nitrogens with one attached hydrogen (secondary N) is 1. The van der Waals surface area contributed by atoms with Gasteiger partial charge in [-0.25, -0.2) is 19.6 Å². The Balaban J connectivity index is 1.35. The van der Waals surface area contributed by atoms with E-state index in [2.05, 4.69) is 50.1 Å². The van der Waals surface area contributed by atoms with Crippen LogP contribution in [0.2, 0.25) is 0 Å². The first-order chi connectivity index (χ1) is 15.8. The fraction of sp³-hybridized carbons (Fsp3) is 0.250. The lowest BCUT2D eigenvalue weighted by atomic mass is 9.95. The highest BCUT2D eigenvalue weighted by Crippen LogP contribution is 2.35. The Kier molecular flexibility index (Phi) is 5.51. The van der Waals surface area contributed by atoms with E-state index in [0.29, 0.717) is 13.1 Å². The van der Waals surface area contributed by atoms with Gasteiger partial charge in [0.15, 0.2) is 5.65 Å². The second kappa shape index (κ2) is 8.76. The number of hydrogen-bond donors (Lipinski definition) is 2. The van der Waals surface area contributed by atoms with Crippen LogP contribution in [-0.2, 0) is 13.0 Å². The third kappa shape index (κ3) is 3.80. The number of rotatable bonds is 8. The summed E-state index contributed by atoms with van der Waals surface area (Å²) in [6.45, 7) is 5.83. The molecule has 1 aromatic carbocycles. The molecule has 0 saturated heterocycles. The van der Waals surface area contributed by atoms with Gasteiger partial charge >= 0.3 is 0 Å².